The second kappa shape index (κ2) is 8.16. The van der Waals surface area contributed by atoms with Gasteiger partial charge in [0, 0.05) is 31.5 Å². The Bertz CT molecular complexity index is 907. The number of hydrogen-bond acceptors (Lipinski definition) is 5. The summed E-state index contributed by atoms with van der Waals surface area (Å²) in [7, 11) is -2.08. The van der Waals surface area contributed by atoms with Gasteiger partial charge >= 0.3 is 0 Å². The van der Waals surface area contributed by atoms with Gasteiger partial charge in [-0.2, -0.15) is 4.31 Å². The number of carbonyl (C=O) groups is 1. The van der Waals surface area contributed by atoms with Gasteiger partial charge in [0.25, 0.3) is 5.91 Å². The van der Waals surface area contributed by atoms with E-state index in [1.165, 1.54) is 28.6 Å². The Morgan fingerprint density at radius 3 is 2.63 bits per heavy atom. The third-order valence-electron chi connectivity index (χ3n) is 4.44. The zero-order valence-corrected chi connectivity index (χ0v) is 16.2. The Hall–Kier alpha value is -2.29. The molecule has 1 N–H and O–H groups in total. The number of likely N-dealkylation sites (N-methyl/N-ethyl adjacent to an activating group) is 1. The van der Waals surface area contributed by atoms with Gasteiger partial charge in [-0.05, 0) is 56.2 Å². The van der Waals surface area contributed by atoms with Crippen molar-refractivity contribution in [3.8, 4) is 0 Å². The lowest BCUT2D eigenvalue weighted by Crippen LogP contribution is -2.34. The van der Waals surface area contributed by atoms with Crippen LogP contribution in [-0.2, 0) is 14.8 Å². The van der Waals surface area contributed by atoms with Gasteiger partial charge in [-0.3, -0.25) is 4.79 Å². The van der Waals surface area contributed by atoms with Crippen molar-refractivity contribution < 1.29 is 17.9 Å². The van der Waals surface area contributed by atoms with Crippen molar-refractivity contribution in [2.24, 2.45) is 0 Å². The Morgan fingerprint density at radius 2 is 2.00 bits per heavy atom. The molecule has 0 aliphatic carbocycles. The summed E-state index contributed by atoms with van der Waals surface area (Å²) in [5.74, 6) is 0.109. The maximum atomic E-state index is 12.7. The first kappa shape index (κ1) is 19.5. The number of aryl methyl sites for hydroxylation is 1. The summed E-state index contributed by atoms with van der Waals surface area (Å²) < 4.78 is 32.2. The van der Waals surface area contributed by atoms with E-state index in [1.807, 2.05) is 13.0 Å². The fraction of sp³-hybridized carbons (Fsp3) is 0.368. The number of carbonyl (C=O) groups excluding carboxylic acids is 1. The number of nitrogens with zero attached hydrogens (tertiary/aromatic N) is 2. The third-order valence-corrected chi connectivity index (χ3v) is 6.28. The number of hydrogen-bond donors (Lipinski definition) is 1. The SMILES string of the molecule is Cc1cccc(NC(=O)c2ccc(S(=O)(=O)N(C)CC3CCCO3)cc2)n1. The molecule has 8 heteroatoms. The van der Waals surface area contributed by atoms with Crippen LogP contribution in [0.2, 0.25) is 0 Å². The lowest BCUT2D eigenvalue weighted by atomic mass is 10.2. The zero-order valence-electron chi connectivity index (χ0n) is 15.4. The van der Waals surface area contributed by atoms with Crippen LogP contribution in [0, 0.1) is 6.92 Å². The molecule has 144 valence electrons. The largest absolute Gasteiger partial charge is 0.377 e. The van der Waals surface area contributed by atoms with Gasteiger partial charge in [-0.15, -0.1) is 0 Å². The number of nitrogens with one attached hydrogen (secondary N) is 1. The number of aromatic nitrogens is 1. The van der Waals surface area contributed by atoms with E-state index < -0.39 is 10.0 Å². The van der Waals surface area contributed by atoms with Crippen LogP contribution in [0.4, 0.5) is 5.82 Å². The minimum absolute atomic E-state index is 0.0587. The molecule has 1 fully saturated rings. The smallest absolute Gasteiger partial charge is 0.256 e. The molecule has 1 aromatic carbocycles. The van der Waals surface area contributed by atoms with Gasteiger partial charge in [0.1, 0.15) is 5.82 Å². The minimum Gasteiger partial charge on any atom is -0.377 e. The monoisotopic (exact) mass is 389 g/mol. The summed E-state index contributed by atoms with van der Waals surface area (Å²) in [4.78, 5) is 16.7. The normalized spacial score (nSPS) is 17.2. The van der Waals surface area contributed by atoms with E-state index >= 15 is 0 Å². The number of amides is 1. The molecule has 0 spiro atoms. The van der Waals surface area contributed by atoms with Crippen molar-refractivity contribution in [3.05, 3.63) is 53.7 Å². The van der Waals surface area contributed by atoms with Crippen LogP contribution in [0.25, 0.3) is 0 Å². The highest BCUT2D eigenvalue weighted by atomic mass is 32.2. The molecule has 0 saturated carbocycles. The van der Waals surface area contributed by atoms with E-state index in [9.17, 15) is 13.2 Å². The maximum Gasteiger partial charge on any atom is 0.256 e. The average Bonchev–Trinajstić information content (AvgIpc) is 3.15. The molecule has 0 bridgehead atoms. The number of benzene rings is 1. The Labute approximate surface area is 159 Å². The second-order valence-electron chi connectivity index (χ2n) is 6.56. The number of sulfonamides is 1. The number of anilines is 1. The fourth-order valence-corrected chi connectivity index (χ4v) is 4.14. The molecule has 0 radical (unpaired) electrons. The number of rotatable bonds is 6. The number of ether oxygens (including phenoxy) is 1. The quantitative estimate of drug-likeness (QED) is 0.820. The molecule has 1 aromatic heterocycles. The highest BCUT2D eigenvalue weighted by Gasteiger charge is 2.26. The van der Waals surface area contributed by atoms with E-state index in [1.54, 1.807) is 19.2 Å². The molecule has 1 saturated heterocycles. The molecule has 3 rings (SSSR count). The second-order valence-corrected chi connectivity index (χ2v) is 8.61. The first-order chi connectivity index (χ1) is 12.9. The zero-order chi connectivity index (χ0) is 19.4. The molecule has 7 nitrogen and oxygen atoms in total. The summed E-state index contributed by atoms with van der Waals surface area (Å²) in [6.07, 6.45) is 1.76. The van der Waals surface area contributed by atoms with Gasteiger partial charge in [0.2, 0.25) is 10.0 Å². The summed E-state index contributed by atoms with van der Waals surface area (Å²) in [5, 5.41) is 2.70. The molecule has 1 amide bonds. The molecular formula is C19H23N3O4S. The van der Waals surface area contributed by atoms with Crippen LogP contribution < -0.4 is 5.32 Å². The maximum absolute atomic E-state index is 12.7. The van der Waals surface area contributed by atoms with E-state index in [4.69, 9.17) is 4.74 Å². The number of pyridine rings is 1. The van der Waals surface area contributed by atoms with Crippen molar-refractivity contribution in [2.45, 2.75) is 30.8 Å². The van der Waals surface area contributed by atoms with Crippen molar-refractivity contribution in [1.82, 2.24) is 9.29 Å². The molecule has 1 aliphatic rings. The Balaban J connectivity index is 1.69. The molecule has 1 unspecified atom stereocenters. The van der Waals surface area contributed by atoms with Crippen molar-refractivity contribution in [2.75, 3.05) is 25.5 Å². The highest BCUT2D eigenvalue weighted by Crippen LogP contribution is 2.19. The molecule has 27 heavy (non-hydrogen) atoms. The minimum atomic E-state index is -3.62. The molecular weight excluding hydrogens is 366 g/mol. The first-order valence-corrected chi connectivity index (χ1v) is 10.2. The fourth-order valence-electron chi connectivity index (χ4n) is 2.93. The van der Waals surface area contributed by atoms with Gasteiger partial charge in [-0.1, -0.05) is 6.07 Å². The van der Waals surface area contributed by atoms with E-state index in [0.29, 0.717) is 24.5 Å². The third kappa shape index (κ3) is 4.71. The lowest BCUT2D eigenvalue weighted by Gasteiger charge is -2.20. The predicted octanol–water partition coefficient (Wildman–Crippen LogP) is 2.44. The van der Waals surface area contributed by atoms with Gasteiger partial charge in [0.15, 0.2) is 0 Å². The molecule has 2 aromatic rings. The van der Waals surface area contributed by atoms with Crippen LogP contribution in [0.5, 0.6) is 0 Å². The van der Waals surface area contributed by atoms with Crippen LogP contribution in [0.1, 0.15) is 28.9 Å². The predicted molar refractivity (Wildman–Crippen MR) is 102 cm³/mol. The lowest BCUT2D eigenvalue weighted by molar-refractivity contribution is 0.0979. The molecule has 1 aliphatic heterocycles. The molecule has 2 heterocycles. The van der Waals surface area contributed by atoms with Crippen molar-refractivity contribution in [3.63, 3.8) is 0 Å². The standard InChI is InChI=1S/C19H23N3O4S/c1-14-5-3-7-18(20-14)21-19(23)15-8-10-17(11-9-15)27(24,25)22(2)13-16-6-4-12-26-16/h3,5,7-11,16H,4,6,12-13H2,1-2H3,(H,20,21,23). The topological polar surface area (TPSA) is 88.6 Å². The van der Waals surface area contributed by atoms with Gasteiger partial charge in [-0.25, -0.2) is 13.4 Å². The van der Waals surface area contributed by atoms with E-state index in [-0.39, 0.29) is 16.9 Å². The van der Waals surface area contributed by atoms with E-state index in [0.717, 1.165) is 18.5 Å². The highest BCUT2D eigenvalue weighted by molar-refractivity contribution is 7.89. The Kier molecular flexibility index (Phi) is 5.88. The van der Waals surface area contributed by atoms with Crippen LogP contribution in [0.3, 0.4) is 0 Å². The summed E-state index contributed by atoms with van der Waals surface area (Å²) >= 11 is 0. The summed E-state index contributed by atoms with van der Waals surface area (Å²) in [6, 6.07) is 11.2. The first-order valence-electron chi connectivity index (χ1n) is 8.79. The van der Waals surface area contributed by atoms with Gasteiger partial charge in [0.05, 0.1) is 11.0 Å². The van der Waals surface area contributed by atoms with Crippen LogP contribution >= 0.6 is 0 Å². The average molecular weight is 389 g/mol. The van der Waals surface area contributed by atoms with E-state index in [2.05, 4.69) is 10.3 Å². The summed E-state index contributed by atoms with van der Waals surface area (Å²) in [6.45, 7) is 2.84. The van der Waals surface area contributed by atoms with Crippen LogP contribution in [-0.4, -0.2) is 49.9 Å². The Morgan fingerprint density at radius 1 is 1.26 bits per heavy atom. The van der Waals surface area contributed by atoms with Crippen LogP contribution in [0.15, 0.2) is 47.4 Å². The summed E-state index contributed by atoms with van der Waals surface area (Å²) in [5.41, 5.74) is 1.16. The molecule has 1 atom stereocenters. The van der Waals surface area contributed by atoms with Crippen molar-refractivity contribution in [1.29, 1.82) is 0 Å². The van der Waals surface area contributed by atoms with Gasteiger partial charge < -0.3 is 10.1 Å². The van der Waals surface area contributed by atoms with Crippen molar-refractivity contribution >= 4 is 21.7 Å².